The molecule has 16 amide bonds. The van der Waals surface area contributed by atoms with Crippen LogP contribution in [0.3, 0.4) is 0 Å². The highest BCUT2D eigenvalue weighted by molar-refractivity contribution is 6.01. The molecule has 3 aromatic carbocycles. The lowest BCUT2D eigenvalue weighted by Gasteiger charge is -2.29. The average molecular weight is 1700 g/mol. The van der Waals surface area contributed by atoms with Crippen LogP contribution in [-0.2, 0) is 96.0 Å². The van der Waals surface area contributed by atoms with E-state index in [1.165, 1.54) is 13.8 Å². The number of nitrogens with one attached hydrogen (secondary N) is 17. The van der Waals surface area contributed by atoms with Gasteiger partial charge in [-0.3, -0.25) is 87.5 Å². The third kappa shape index (κ3) is 40.7. The van der Waals surface area contributed by atoms with Crippen molar-refractivity contribution in [1.29, 1.82) is 10.8 Å². The molecule has 0 aliphatic carbocycles. The van der Waals surface area contributed by atoms with Gasteiger partial charge in [0.2, 0.25) is 94.5 Å². The highest BCUT2D eigenvalue weighted by Crippen LogP contribution is 2.16. The number of benzene rings is 3. The average Bonchev–Trinajstić information content (AvgIpc) is 0.855. The molecule has 0 heterocycles. The number of rotatable bonds is 58. The molecule has 41 heteroatoms. The molecule has 41 nitrogen and oxygen atoms in total. The minimum Gasteiger partial charge on any atom is -0.370 e. The van der Waals surface area contributed by atoms with E-state index in [9.17, 15) is 76.7 Å². The van der Waals surface area contributed by atoms with E-state index in [1.807, 2.05) is 0 Å². The number of hydrogen-bond donors (Lipinski definition) is 25. The Balaban J connectivity index is 1.87. The lowest BCUT2D eigenvalue weighted by molar-refractivity contribution is -0.136. The van der Waals surface area contributed by atoms with Gasteiger partial charge in [-0.05, 0) is 139 Å². The fourth-order valence-electron chi connectivity index (χ4n) is 12.3. The van der Waals surface area contributed by atoms with E-state index < -0.39 is 211 Å². The lowest BCUT2D eigenvalue weighted by atomic mass is 9.96. The van der Waals surface area contributed by atoms with Gasteiger partial charge in [-0.2, -0.15) is 0 Å². The van der Waals surface area contributed by atoms with Gasteiger partial charge in [0.25, 0.3) is 0 Å². The number of carbonyl (C=O) groups is 16. The Bertz CT molecular complexity index is 3920. The molecule has 3 aromatic rings. The summed E-state index contributed by atoms with van der Waals surface area (Å²) in [6, 6.07) is 7.61. The second-order valence-electron chi connectivity index (χ2n) is 30.1. The normalized spacial score (nSPS) is 14.5. The van der Waals surface area contributed by atoms with E-state index in [1.54, 1.807) is 119 Å². The van der Waals surface area contributed by atoms with Crippen LogP contribution in [0, 0.1) is 22.7 Å². The predicted molar refractivity (Wildman–Crippen MR) is 450 cm³/mol. The van der Waals surface area contributed by atoms with E-state index in [4.69, 9.17) is 56.7 Å². The summed E-state index contributed by atoms with van der Waals surface area (Å²) in [5.41, 5.74) is 47.3. The summed E-state index contributed by atoms with van der Waals surface area (Å²) in [6.07, 6.45) is -0.350. The quantitative estimate of drug-likeness (QED) is 0.0142. The van der Waals surface area contributed by atoms with E-state index in [-0.39, 0.29) is 122 Å². The summed E-state index contributed by atoms with van der Waals surface area (Å²) in [5, 5.41) is 54.2. The second kappa shape index (κ2) is 55.4. The van der Waals surface area contributed by atoms with Gasteiger partial charge in [0.1, 0.15) is 72.5 Å². The second-order valence-corrected chi connectivity index (χ2v) is 30.1. The fourth-order valence-corrected chi connectivity index (χ4v) is 12.3. The standard InChI is InChI=1S/C80H127N25O16/c1-7-46(4)65(78(121)100-56(32-22-38-92-80(89)90)71(114)103-59(41-50-25-13-9-14-26-50)74(117)94-47(5)66(86)109)105-73(116)54(30-18-20-36-82)97-72(115)57(33-34-62(84)106)96-64(108)44-93-67(110)48(6)95-69(112)53(29-17-19-35-81)98-75(118)58(39-45(2)3)102-70(113)55(31-21-37-91-79(87)88)99-76(119)60(42-51-27-15-10-16-28-51)104-77(120)61(43-63(85)107)101-68(111)52(83)40-49-23-11-8-12-24-49/h8-16,23-28,45-48,52-61,65H,7,17-22,29-44,81-83H2,1-6H3,(H2,84,106)(H2,85,107)(H2,86,109)(H,93,110)(H,94,117)(H,95,112)(H,96,108)(H,97,115)(H,98,118)(H,99,119)(H,100,121)(H,101,111)(H,102,113)(H,103,114)(H,104,120)(H,105,116)(H4,87,88,91)(H4,89,90,92)/t46-,47-,48-,52-,53-,54-,55-,56-,57-,58-,59-,60-,61-,65-/m0/s1. The SMILES string of the molecule is CC[C@H](C)[C@H](NC(=O)[C@H](CCCCN)NC(=O)[C@H](CCC(N)=O)NC(=O)CNC(=O)[C@H](C)NC(=O)[C@H](CCCCN)NC(=O)[C@H](CC(C)C)NC(=O)[C@H](CCCNC(=N)N)NC(=O)[C@H](Cc1ccccc1)NC(=O)[C@H](CC(N)=O)NC(=O)[C@@H](N)Cc1ccccc1)C(=O)N[C@@H](CCCNC(=N)N)C(=O)N[C@@H](Cc1ccccc1)C(=O)N[C@@H](C)C(N)=O. The Morgan fingerprint density at radius 2 is 0.711 bits per heavy atom. The zero-order valence-corrected chi connectivity index (χ0v) is 69.7. The number of amides is 16. The summed E-state index contributed by atoms with van der Waals surface area (Å²) in [7, 11) is 0. The maximum absolute atomic E-state index is 14.7. The van der Waals surface area contributed by atoms with Crippen molar-refractivity contribution in [3.8, 4) is 0 Å². The summed E-state index contributed by atoms with van der Waals surface area (Å²) in [6.45, 7) is 9.16. The topological polar surface area (TPSA) is 709 Å². The van der Waals surface area contributed by atoms with Gasteiger partial charge in [0.15, 0.2) is 11.9 Å². The summed E-state index contributed by atoms with van der Waals surface area (Å²) in [4.78, 5) is 221. The molecule has 0 unspecified atom stereocenters. The number of primary amides is 3. The van der Waals surface area contributed by atoms with Crippen LogP contribution in [-0.4, -0.2) is 218 Å². The first-order chi connectivity index (χ1) is 57.4. The van der Waals surface area contributed by atoms with Gasteiger partial charge >= 0.3 is 0 Å². The van der Waals surface area contributed by atoms with Gasteiger partial charge in [-0.15, -0.1) is 0 Å². The molecule has 0 fully saturated rings. The van der Waals surface area contributed by atoms with Crippen LogP contribution in [0.4, 0.5) is 0 Å². The monoisotopic (exact) mass is 1690 g/mol. The number of nitrogens with two attached hydrogens (primary N) is 8. The maximum Gasteiger partial charge on any atom is 0.243 e. The zero-order chi connectivity index (χ0) is 90.3. The van der Waals surface area contributed by atoms with Gasteiger partial charge in [-0.25, -0.2) is 0 Å². The van der Waals surface area contributed by atoms with E-state index in [0.717, 1.165) is 0 Å². The Kier molecular flexibility index (Phi) is 47.0. The maximum atomic E-state index is 14.7. The summed E-state index contributed by atoms with van der Waals surface area (Å²) < 4.78 is 0. The third-order valence-electron chi connectivity index (χ3n) is 19.3. The number of guanidine groups is 2. The summed E-state index contributed by atoms with van der Waals surface area (Å²) >= 11 is 0. The number of carbonyl (C=O) groups excluding carboxylic acids is 16. The van der Waals surface area contributed by atoms with Crippen molar-refractivity contribution in [2.24, 2.45) is 57.7 Å². The van der Waals surface area contributed by atoms with Crippen LogP contribution in [0.1, 0.15) is 155 Å². The Morgan fingerprint density at radius 3 is 1.12 bits per heavy atom. The molecule has 121 heavy (non-hydrogen) atoms. The van der Waals surface area contributed by atoms with Crippen molar-refractivity contribution in [3.05, 3.63) is 108 Å². The first-order valence-corrected chi connectivity index (χ1v) is 40.6. The summed E-state index contributed by atoms with van der Waals surface area (Å²) in [5.74, 6) is -16.0. The molecule has 14 atom stereocenters. The Labute approximate surface area is 704 Å². The molecule has 0 saturated carbocycles. The molecule has 0 saturated heterocycles. The van der Waals surface area contributed by atoms with E-state index in [2.05, 4.69) is 79.8 Å². The zero-order valence-electron chi connectivity index (χ0n) is 69.7. The van der Waals surface area contributed by atoms with Gasteiger partial charge in [0.05, 0.1) is 19.0 Å². The largest absolute Gasteiger partial charge is 0.370 e. The highest BCUT2D eigenvalue weighted by atomic mass is 16.2. The molecule has 668 valence electrons. The van der Waals surface area contributed by atoms with Crippen LogP contribution in [0.15, 0.2) is 91.0 Å². The minimum absolute atomic E-state index is 0.0339. The van der Waals surface area contributed by atoms with Crippen LogP contribution >= 0.6 is 0 Å². The molecule has 3 rings (SSSR count). The van der Waals surface area contributed by atoms with Crippen molar-refractivity contribution in [3.63, 3.8) is 0 Å². The predicted octanol–water partition coefficient (Wildman–Crippen LogP) is -5.48. The lowest BCUT2D eigenvalue weighted by Crippen LogP contribution is -2.61. The molecule has 0 radical (unpaired) electrons. The molecular weight excluding hydrogens is 1570 g/mol. The molecule has 33 N–H and O–H groups in total. The Hall–Kier alpha value is -12.4. The Morgan fingerprint density at radius 1 is 0.355 bits per heavy atom. The van der Waals surface area contributed by atoms with Gasteiger partial charge in [-0.1, -0.05) is 125 Å². The molecule has 0 bridgehead atoms. The van der Waals surface area contributed by atoms with E-state index in [0.29, 0.717) is 29.5 Å². The fraction of sp³-hybridized carbons (Fsp3) is 0.550. The van der Waals surface area contributed by atoms with Crippen LogP contribution in [0.5, 0.6) is 0 Å². The van der Waals surface area contributed by atoms with Crippen LogP contribution in [0.25, 0.3) is 0 Å². The number of unbranched alkanes of at least 4 members (excludes halogenated alkanes) is 2. The number of hydrogen-bond acceptors (Lipinski definition) is 21. The van der Waals surface area contributed by atoms with Crippen molar-refractivity contribution >= 4 is 106 Å². The van der Waals surface area contributed by atoms with Crippen molar-refractivity contribution in [2.45, 2.75) is 236 Å². The van der Waals surface area contributed by atoms with Crippen LogP contribution in [0.2, 0.25) is 0 Å². The van der Waals surface area contributed by atoms with Crippen molar-refractivity contribution in [1.82, 2.24) is 79.8 Å². The minimum atomic E-state index is -1.61. The third-order valence-corrected chi connectivity index (χ3v) is 19.3. The highest BCUT2D eigenvalue weighted by Gasteiger charge is 2.38. The van der Waals surface area contributed by atoms with Gasteiger partial charge < -0.3 is 126 Å². The molecular formula is C80H127N25O16. The van der Waals surface area contributed by atoms with Gasteiger partial charge in [0, 0.05) is 32.4 Å². The van der Waals surface area contributed by atoms with Crippen molar-refractivity contribution in [2.75, 3.05) is 32.7 Å². The first kappa shape index (κ1) is 103. The molecule has 0 aliphatic rings. The smallest absolute Gasteiger partial charge is 0.243 e. The van der Waals surface area contributed by atoms with Crippen molar-refractivity contribution < 1.29 is 76.7 Å². The van der Waals surface area contributed by atoms with Crippen LogP contribution < -0.4 is 126 Å². The molecule has 0 spiro atoms. The molecule has 0 aliphatic heterocycles. The van der Waals surface area contributed by atoms with E-state index >= 15 is 0 Å². The molecule has 0 aromatic heterocycles. The first-order valence-electron chi connectivity index (χ1n) is 40.6.